The maximum absolute atomic E-state index is 11.5. The Morgan fingerprint density at radius 2 is 1.84 bits per heavy atom. The number of esters is 1. The highest BCUT2D eigenvalue weighted by molar-refractivity contribution is 6.01. The van der Waals surface area contributed by atoms with Gasteiger partial charge in [-0.2, -0.15) is 0 Å². The summed E-state index contributed by atoms with van der Waals surface area (Å²) < 4.78 is 10.2. The molecule has 0 aliphatic rings. The topological polar surface area (TPSA) is 64.6 Å². The minimum absolute atomic E-state index is 0.101. The van der Waals surface area contributed by atoms with E-state index < -0.39 is 11.9 Å². The third-order valence-electron chi connectivity index (χ3n) is 2.12. The minimum Gasteiger partial charge on any atom is -0.491 e. The maximum Gasteiger partial charge on any atom is 0.315 e. The summed E-state index contributed by atoms with van der Waals surface area (Å²) in [6.45, 7) is 5.85. The van der Waals surface area contributed by atoms with Crippen molar-refractivity contribution < 1.29 is 19.1 Å². The lowest BCUT2D eigenvalue weighted by molar-refractivity contribution is -0.145. The average Bonchev–Trinajstić information content (AvgIpc) is 2.31. The van der Waals surface area contributed by atoms with Crippen LogP contribution in [0.3, 0.4) is 0 Å². The van der Waals surface area contributed by atoms with E-state index in [0.717, 1.165) is 5.75 Å². The molecular weight excluding hydrogens is 246 g/mol. The molecule has 1 rings (SSSR count). The summed E-state index contributed by atoms with van der Waals surface area (Å²) in [7, 11) is 0. The molecule has 1 N–H and O–H groups in total. The van der Waals surface area contributed by atoms with E-state index in [0.29, 0.717) is 5.69 Å². The summed E-state index contributed by atoms with van der Waals surface area (Å²) in [5, 5.41) is 2.62. The predicted molar refractivity (Wildman–Crippen MR) is 72.1 cm³/mol. The first-order valence-corrected chi connectivity index (χ1v) is 6.23. The monoisotopic (exact) mass is 265 g/mol. The molecule has 19 heavy (non-hydrogen) atoms. The van der Waals surface area contributed by atoms with E-state index >= 15 is 0 Å². The second kappa shape index (κ2) is 7.41. The number of hydrogen-bond acceptors (Lipinski definition) is 4. The molecule has 0 aromatic heterocycles. The molecule has 5 heteroatoms. The number of hydrogen-bond donors (Lipinski definition) is 1. The molecule has 104 valence electrons. The first kappa shape index (κ1) is 15.0. The summed E-state index contributed by atoms with van der Waals surface area (Å²) in [5.41, 5.74) is 0.616. The van der Waals surface area contributed by atoms with Gasteiger partial charge in [0.05, 0.1) is 12.7 Å². The number of rotatable bonds is 6. The van der Waals surface area contributed by atoms with E-state index in [1.54, 1.807) is 31.2 Å². The fourth-order valence-corrected chi connectivity index (χ4v) is 1.44. The van der Waals surface area contributed by atoms with Gasteiger partial charge in [-0.25, -0.2) is 0 Å². The van der Waals surface area contributed by atoms with E-state index in [-0.39, 0.29) is 19.1 Å². The van der Waals surface area contributed by atoms with Gasteiger partial charge in [-0.3, -0.25) is 9.59 Å². The number of benzene rings is 1. The fraction of sp³-hybridized carbons (Fsp3) is 0.429. The molecule has 0 aliphatic heterocycles. The standard InChI is InChI=1S/C14H19NO4/c1-4-18-14(17)9-13(16)15-11-5-7-12(8-6-11)19-10(2)3/h5-8,10H,4,9H2,1-3H3,(H,15,16). The van der Waals surface area contributed by atoms with Crippen LogP contribution >= 0.6 is 0 Å². The van der Waals surface area contributed by atoms with Crippen LogP contribution in [0.4, 0.5) is 5.69 Å². The van der Waals surface area contributed by atoms with Crippen LogP contribution in [0.2, 0.25) is 0 Å². The fourth-order valence-electron chi connectivity index (χ4n) is 1.44. The Hall–Kier alpha value is -2.04. The van der Waals surface area contributed by atoms with E-state index in [1.165, 1.54) is 0 Å². The first-order chi connectivity index (χ1) is 9.01. The molecule has 0 radical (unpaired) electrons. The van der Waals surface area contributed by atoms with E-state index in [2.05, 4.69) is 5.32 Å². The highest BCUT2D eigenvalue weighted by Crippen LogP contribution is 2.17. The van der Waals surface area contributed by atoms with Crippen molar-refractivity contribution in [2.45, 2.75) is 33.3 Å². The zero-order valence-electron chi connectivity index (χ0n) is 11.4. The lowest BCUT2D eigenvalue weighted by atomic mass is 10.3. The lowest BCUT2D eigenvalue weighted by Crippen LogP contribution is -2.18. The highest BCUT2D eigenvalue weighted by atomic mass is 16.5. The van der Waals surface area contributed by atoms with Gasteiger partial charge in [-0.05, 0) is 45.0 Å². The van der Waals surface area contributed by atoms with Gasteiger partial charge in [0.1, 0.15) is 12.2 Å². The van der Waals surface area contributed by atoms with Crippen molar-refractivity contribution in [3.63, 3.8) is 0 Å². The summed E-state index contributed by atoms with van der Waals surface area (Å²) in [6.07, 6.45) is -0.179. The Bertz CT molecular complexity index is 426. The Labute approximate surface area is 112 Å². The first-order valence-electron chi connectivity index (χ1n) is 6.23. The van der Waals surface area contributed by atoms with Gasteiger partial charge in [0.15, 0.2) is 0 Å². The summed E-state index contributed by atoms with van der Waals surface area (Å²) in [4.78, 5) is 22.6. The normalized spacial score (nSPS) is 10.1. The molecule has 0 saturated carbocycles. The predicted octanol–water partition coefficient (Wildman–Crippen LogP) is 2.37. The van der Waals surface area contributed by atoms with Crippen LogP contribution in [-0.4, -0.2) is 24.6 Å². The molecule has 0 unspecified atom stereocenters. The van der Waals surface area contributed by atoms with Gasteiger partial charge in [-0.15, -0.1) is 0 Å². The van der Waals surface area contributed by atoms with Gasteiger partial charge in [-0.1, -0.05) is 0 Å². The van der Waals surface area contributed by atoms with Crippen LogP contribution in [0.25, 0.3) is 0 Å². The molecular formula is C14H19NO4. The number of amides is 1. The summed E-state index contributed by atoms with van der Waals surface area (Å²) in [6, 6.07) is 6.97. The molecule has 0 heterocycles. The van der Waals surface area contributed by atoms with E-state index in [9.17, 15) is 9.59 Å². The van der Waals surface area contributed by atoms with Gasteiger partial charge >= 0.3 is 5.97 Å². The number of carbonyl (C=O) groups is 2. The highest BCUT2D eigenvalue weighted by Gasteiger charge is 2.10. The van der Waals surface area contributed by atoms with Crippen LogP contribution in [-0.2, 0) is 14.3 Å². The zero-order chi connectivity index (χ0) is 14.3. The molecule has 1 aromatic rings. The van der Waals surface area contributed by atoms with Crippen LogP contribution < -0.4 is 10.1 Å². The average molecular weight is 265 g/mol. The lowest BCUT2D eigenvalue weighted by Gasteiger charge is -2.10. The third-order valence-corrected chi connectivity index (χ3v) is 2.12. The summed E-state index contributed by atoms with van der Waals surface area (Å²) >= 11 is 0. The number of anilines is 1. The SMILES string of the molecule is CCOC(=O)CC(=O)Nc1ccc(OC(C)C)cc1. The Morgan fingerprint density at radius 3 is 2.37 bits per heavy atom. The maximum atomic E-state index is 11.5. The third kappa shape index (κ3) is 5.90. The molecule has 0 atom stereocenters. The Balaban J connectivity index is 2.48. The van der Waals surface area contributed by atoms with Gasteiger partial charge in [0.25, 0.3) is 0 Å². The van der Waals surface area contributed by atoms with Crippen molar-refractivity contribution in [3.05, 3.63) is 24.3 Å². The number of carbonyl (C=O) groups excluding carboxylic acids is 2. The number of nitrogens with one attached hydrogen (secondary N) is 1. The quantitative estimate of drug-likeness (QED) is 0.633. The van der Waals surface area contributed by atoms with E-state index in [1.807, 2.05) is 13.8 Å². The van der Waals surface area contributed by atoms with Gasteiger partial charge in [0.2, 0.25) is 5.91 Å². The van der Waals surface area contributed by atoms with Crippen LogP contribution in [0.5, 0.6) is 5.75 Å². The van der Waals surface area contributed by atoms with Crippen molar-refractivity contribution in [1.82, 2.24) is 0 Å². The largest absolute Gasteiger partial charge is 0.491 e. The van der Waals surface area contributed by atoms with Crippen LogP contribution in [0.1, 0.15) is 27.2 Å². The molecule has 0 fully saturated rings. The van der Waals surface area contributed by atoms with Crippen molar-refractivity contribution >= 4 is 17.6 Å². The second-order valence-corrected chi connectivity index (χ2v) is 4.22. The molecule has 0 aliphatic carbocycles. The summed E-state index contributed by atoms with van der Waals surface area (Å²) in [5.74, 6) is -0.186. The van der Waals surface area contributed by atoms with Crippen molar-refractivity contribution in [1.29, 1.82) is 0 Å². The number of ether oxygens (including phenoxy) is 2. The zero-order valence-corrected chi connectivity index (χ0v) is 11.4. The molecule has 1 aromatic carbocycles. The van der Waals surface area contributed by atoms with Crippen molar-refractivity contribution in [2.75, 3.05) is 11.9 Å². The molecule has 0 bridgehead atoms. The molecule has 1 amide bonds. The molecule has 5 nitrogen and oxygen atoms in total. The van der Waals surface area contributed by atoms with Crippen molar-refractivity contribution in [3.8, 4) is 5.75 Å². The van der Waals surface area contributed by atoms with Crippen molar-refractivity contribution in [2.24, 2.45) is 0 Å². The van der Waals surface area contributed by atoms with Crippen LogP contribution in [0, 0.1) is 0 Å². The smallest absolute Gasteiger partial charge is 0.315 e. The van der Waals surface area contributed by atoms with Gasteiger partial charge < -0.3 is 14.8 Å². The van der Waals surface area contributed by atoms with Gasteiger partial charge in [0, 0.05) is 5.69 Å². The Kier molecular flexibility index (Phi) is 5.85. The molecule has 0 spiro atoms. The Morgan fingerprint density at radius 1 is 1.21 bits per heavy atom. The minimum atomic E-state index is -0.528. The van der Waals surface area contributed by atoms with Crippen LogP contribution in [0.15, 0.2) is 24.3 Å². The van der Waals surface area contributed by atoms with E-state index in [4.69, 9.17) is 9.47 Å². The second-order valence-electron chi connectivity index (χ2n) is 4.22. The molecule has 0 saturated heterocycles.